The Morgan fingerprint density at radius 1 is 1.05 bits per heavy atom. The molecule has 1 saturated carbocycles. The van der Waals surface area contributed by atoms with Gasteiger partial charge in [0.1, 0.15) is 5.65 Å². The fraction of sp³-hybridized carbons (Fsp3) is 0.394. The monoisotopic (exact) mass is 569 g/mol. The van der Waals surface area contributed by atoms with Gasteiger partial charge in [0.05, 0.1) is 18.0 Å². The molecule has 9 heteroatoms. The number of aromatic nitrogens is 3. The van der Waals surface area contributed by atoms with Crippen molar-refractivity contribution < 1.29 is 14.3 Å². The Kier molecular flexibility index (Phi) is 8.75. The molecule has 0 radical (unpaired) electrons. The molecule has 0 unspecified atom stereocenters. The Morgan fingerprint density at radius 2 is 1.79 bits per heavy atom. The maximum Gasteiger partial charge on any atom is 0.411 e. The predicted molar refractivity (Wildman–Crippen MR) is 164 cm³/mol. The lowest BCUT2D eigenvalue weighted by Gasteiger charge is -2.29. The number of benzene rings is 1. The number of hydrogen-bond donors (Lipinski definition) is 1. The highest BCUT2D eigenvalue weighted by Crippen LogP contribution is 2.38. The fourth-order valence-electron chi connectivity index (χ4n) is 6.04. The highest BCUT2D eigenvalue weighted by Gasteiger charge is 2.23. The number of carbonyl (C=O) groups excluding carboxylic acids is 2. The summed E-state index contributed by atoms with van der Waals surface area (Å²) in [6.45, 7) is 1.98. The van der Waals surface area contributed by atoms with Gasteiger partial charge in [0.25, 0.3) is 11.5 Å². The zero-order valence-corrected chi connectivity index (χ0v) is 24.8. The predicted octanol–water partition coefficient (Wildman–Crippen LogP) is 5.90. The molecule has 1 fully saturated rings. The van der Waals surface area contributed by atoms with Gasteiger partial charge < -0.3 is 14.2 Å². The minimum absolute atomic E-state index is 0.0363. The molecule has 0 atom stereocenters. The molecule has 0 bridgehead atoms. The zero-order valence-electron chi connectivity index (χ0n) is 24.8. The second kappa shape index (κ2) is 12.6. The van der Waals surface area contributed by atoms with Crippen LogP contribution in [0, 0.1) is 5.92 Å². The summed E-state index contributed by atoms with van der Waals surface area (Å²) in [6.07, 6.45) is 9.56. The van der Waals surface area contributed by atoms with Crippen LogP contribution in [-0.2, 0) is 18.2 Å². The van der Waals surface area contributed by atoms with Crippen molar-refractivity contribution in [3.8, 4) is 5.69 Å². The van der Waals surface area contributed by atoms with Crippen LogP contribution in [0.4, 0.5) is 10.5 Å². The fourth-order valence-corrected chi connectivity index (χ4v) is 6.04. The number of aryl methyl sites for hydroxylation is 2. The summed E-state index contributed by atoms with van der Waals surface area (Å²) in [5, 5.41) is 3.50. The van der Waals surface area contributed by atoms with Crippen LogP contribution in [0.5, 0.6) is 0 Å². The van der Waals surface area contributed by atoms with Gasteiger partial charge in [-0.15, -0.1) is 0 Å². The molecule has 4 aromatic rings. The number of pyridine rings is 2. The minimum atomic E-state index is -0.589. The molecular weight excluding hydrogens is 530 g/mol. The van der Waals surface area contributed by atoms with Crippen LogP contribution in [0.2, 0.25) is 0 Å². The van der Waals surface area contributed by atoms with Crippen molar-refractivity contribution in [3.05, 3.63) is 88.1 Å². The van der Waals surface area contributed by atoms with Gasteiger partial charge in [0, 0.05) is 56.2 Å². The van der Waals surface area contributed by atoms with Crippen LogP contribution in [0.15, 0.2) is 65.7 Å². The van der Waals surface area contributed by atoms with E-state index in [1.165, 1.54) is 30.2 Å². The molecule has 3 aromatic heterocycles. The molecule has 5 rings (SSSR count). The molecule has 1 aliphatic rings. The topological polar surface area (TPSA) is 98.5 Å². The highest BCUT2D eigenvalue weighted by atomic mass is 16.5. The summed E-state index contributed by atoms with van der Waals surface area (Å²) in [7, 11) is 5.59. The maximum atomic E-state index is 13.0. The first-order valence-electron chi connectivity index (χ1n) is 14.7. The van der Waals surface area contributed by atoms with Gasteiger partial charge in [-0.3, -0.25) is 19.5 Å². The maximum absolute atomic E-state index is 13.0. The average molecular weight is 570 g/mol. The van der Waals surface area contributed by atoms with Crippen LogP contribution in [0.3, 0.4) is 0 Å². The van der Waals surface area contributed by atoms with E-state index in [-0.39, 0.29) is 18.1 Å². The van der Waals surface area contributed by atoms with Gasteiger partial charge in [-0.2, -0.15) is 0 Å². The SMILES string of the molecule is CCOC(=O)Nc1ccn(-c2ccnc3c2cc(CCC2CCC(c4ccc(C(=O)N(C)C)cc4)CC2)n3C)c(=O)c1. The van der Waals surface area contributed by atoms with E-state index in [1.807, 2.05) is 25.2 Å². The standard InChI is InChI=1S/C33H39N5O4/c1-5-42-33(41)35-26-17-19-38(30(39)20-26)29-16-18-34-31-28(29)21-27(37(31)4)15-8-22-6-9-23(10-7-22)24-11-13-25(14-12-24)32(40)36(2)3/h11-14,16-23H,5-10,15H2,1-4H3,(H,35,41). The van der Waals surface area contributed by atoms with Gasteiger partial charge in [0.15, 0.2) is 0 Å². The quantitative estimate of drug-likeness (QED) is 0.285. The highest BCUT2D eigenvalue weighted by molar-refractivity contribution is 5.93. The van der Waals surface area contributed by atoms with Crippen molar-refractivity contribution in [1.29, 1.82) is 0 Å². The van der Waals surface area contributed by atoms with Gasteiger partial charge in [-0.25, -0.2) is 9.78 Å². The molecular formula is C33H39N5O4. The summed E-state index contributed by atoms with van der Waals surface area (Å²) >= 11 is 0. The molecule has 0 spiro atoms. The Morgan fingerprint density at radius 3 is 2.45 bits per heavy atom. The first-order chi connectivity index (χ1) is 20.2. The van der Waals surface area contributed by atoms with Crippen LogP contribution in [-0.4, -0.2) is 51.7 Å². The third-order valence-electron chi connectivity index (χ3n) is 8.40. The van der Waals surface area contributed by atoms with Crippen LogP contribution >= 0.6 is 0 Å². The molecule has 42 heavy (non-hydrogen) atoms. The summed E-state index contributed by atoms with van der Waals surface area (Å²) in [4.78, 5) is 43.1. The first kappa shape index (κ1) is 29.1. The number of ether oxygens (including phenoxy) is 1. The van der Waals surface area contributed by atoms with E-state index in [4.69, 9.17) is 4.74 Å². The largest absolute Gasteiger partial charge is 0.450 e. The molecule has 1 N–H and O–H groups in total. The van der Waals surface area contributed by atoms with E-state index < -0.39 is 6.09 Å². The third kappa shape index (κ3) is 6.25. The first-order valence-corrected chi connectivity index (χ1v) is 14.7. The summed E-state index contributed by atoms with van der Waals surface area (Å²) < 4.78 is 8.61. The number of anilines is 1. The van der Waals surface area contributed by atoms with Gasteiger partial charge in [-0.1, -0.05) is 12.1 Å². The van der Waals surface area contributed by atoms with Crippen molar-refractivity contribution in [3.63, 3.8) is 0 Å². The summed E-state index contributed by atoms with van der Waals surface area (Å²) in [5.74, 6) is 1.25. The summed E-state index contributed by atoms with van der Waals surface area (Å²) in [6, 6.07) is 15.2. The normalized spacial score (nSPS) is 16.8. The van der Waals surface area contributed by atoms with Crippen LogP contribution < -0.4 is 10.9 Å². The Hall–Kier alpha value is -4.40. The zero-order chi connectivity index (χ0) is 29.8. The van der Waals surface area contributed by atoms with Crippen molar-refractivity contribution >= 4 is 28.7 Å². The average Bonchev–Trinajstić information content (AvgIpc) is 3.31. The lowest BCUT2D eigenvalue weighted by atomic mass is 9.77. The molecule has 0 saturated heterocycles. The molecule has 9 nitrogen and oxygen atoms in total. The third-order valence-corrected chi connectivity index (χ3v) is 8.40. The van der Waals surface area contributed by atoms with Gasteiger partial charge in [-0.05, 0) is 93.2 Å². The van der Waals surface area contributed by atoms with Crippen molar-refractivity contribution in [1.82, 2.24) is 19.0 Å². The number of fused-ring (bicyclic) bond motifs is 1. The molecule has 0 aliphatic heterocycles. The molecule has 220 valence electrons. The molecule has 1 aliphatic carbocycles. The summed E-state index contributed by atoms with van der Waals surface area (Å²) in [5.41, 5.74) is 4.99. The van der Waals surface area contributed by atoms with Gasteiger partial charge in [0.2, 0.25) is 0 Å². The van der Waals surface area contributed by atoms with Gasteiger partial charge >= 0.3 is 6.09 Å². The number of carbonyl (C=O) groups is 2. The number of nitrogens with zero attached hydrogens (tertiary/aromatic N) is 4. The number of rotatable bonds is 8. The lowest BCUT2D eigenvalue weighted by molar-refractivity contribution is 0.0827. The van der Waals surface area contributed by atoms with E-state index >= 15 is 0 Å². The Bertz CT molecular complexity index is 1630. The Balaban J connectivity index is 1.23. The van der Waals surface area contributed by atoms with E-state index in [0.29, 0.717) is 17.5 Å². The minimum Gasteiger partial charge on any atom is -0.450 e. The number of hydrogen-bond acceptors (Lipinski definition) is 5. The van der Waals surface area contributed by atoms with Crippen molar-refractivity contribution in [2.75, 3.05) is 26.0 Å². The van der Waals surface area contributed by atoms with E-state index in [2.05, 4.69) is 33.1 Å². The van der Waals surface area contributed by atoms with Crippen molar-refractivity contribution in [2.45, 2.75) is 51.4 Å². The molecule has 1 aromatic carbocycles. The second-order valence-corrected chi connectivity index (χ2v) is 11.3. The van der Waals surface area contributed by atoms with E-state index in [9.17, 15) is 14.4 Å². The number of amides is 2. The molecule has 3 heterocycles. The molecule has 2 amide bonds. The van der Waals surface area contributed by atoms with Crippen molar-refractivity contribution in [2.24, 2.45) is 13.0 Å². The van der Waals surface area contributed by atoms with Crippen LogP contribution in [0.1, 0.15) is 66.6 Å². The van der Waals surface area contributed by atoms with E-state index in [0.717, 1.165) is 48.0 Å². The Labute approximate surface area is 246 Å². The number of nitrogens with one attached hydrogen (secondary N) is 1. The van der Waals surface area contributed by atoms with E-state index in [1.54, 1.807) is 48.9 Å². The van der Waals surface area contributed by atoms with Crippen LogP contribution in [0.25, 0.3) is 16.7 Å². The second-order valence-electron chi connectivity index (χ2n) is 11.3. The smallest absolute Gasteiger partial charge is 0.411 e. The lowest BCUT2D eigenvalue weighted by Crippen LogP contribution is -2.21.